The number of likely N-dealkylation sites (tertiary alicyclic amines) is 1. The molecule has 1 saturated heterocycles. The van der Waals surface area contributed by atoms with E-state index in [9.17, 15) is 9.59 Å². The van der Waals surface area contributed by atoms with Crippen LogP contribution in [0.1, 0.15) is 51.9 Å². The highest BCUT2D eigenvalue weighted by Gasteiger charge is 2.50. The number of nitrogens with zero attached hydrogens (tertiary/aromatic N) is 1. The second-order valence-corrected chi connectivity index (χ2v) is 8.64. The van der Waals surface area contributed by atoms with Crippen LogP contribution in [0.4, 0.5) is 4.79 Å². The molecule has 134 valence electrons. The van der Waals surface area contributed by atoms with Gasteiger partial charge < -0.3 is 15.0 Å². The average molecular weight is 334 g/mol. The van der Waals surface area contributed by atoms with E-state index < -0.39 is 0 Å². The predicted molar refractivity (Wildman–Crippen MR) is 90.6 cm³/mol. The van der Waals surface area contributed by atoms with Gasteiger partial charge in [-0.05, 0) is 63.2 Å². The monoisotopic (exact) mass is 334 g/mol. The minimum Gasteiger partial charge on any atom is -0.450 e. The van der Waals surface area contributed by atoms with Gasteiger partial charge in [-0.2, -0.15) is 0 Å². The van der Waals surface area contributed by atoms with Gasteiger partial charge in [-0.25, -0.2) is 4.79 Å². The van der Waals surface area contributed by atoms with Gasteiger partial charge in [0.05, 0.1) is 6.61 Å². The van der Waals surface area contributed by atoms with Crippen molar-refractivity contribution in [3.8, 4) is 0 Å². The molecule has 5 nitrogen and oxygen atoms in total. The lowest BCUT2D eigenvalue weighted by atomic mass is 9.53. The minimum atomic E-state index is -0.273. The SMILES string of the molecule is CCOC(=O)N1CCC(=O)C(CNC23CC4CC(CC(C4)C2)C3)C1. The Labute approximate surface area is 144 Å². The van der Waals surface area contributed by atoms with E-state index in [2.05, 4.69) is 5.32 Å². The van der Waals surface area contributed by atoms with Gasteiger partial charge in [0.15, 0.2) is 0 Å². The van der Waals surface area contributed by atoms with Gasteiger partial charge in [-0.15, -0.1) is 0 Å². The Hall–Kier alpha value is -1.10. The zero-order valence-electron chi connectivity index (χ0n) is 14.8. The number of piperidine rings is 1. The van der Waals surface area contributed by atoms with E-state index in [0.717, 1.165) is 24.3 Å². The van der Waals surface area contributed by atoms with Crippen LogP contribution in [-0.2, 0) is 9.53 Å². The Kier molecular flexibility index (Phi) is 4.31. The van der Waals surface area contributed by atoms with Crippen LogP contribution >= 0.6 is 0 Å². The number of rotatable bonds is 4. The summed E-state index contributed by atoms with van der Waals surface area (Å²) < 4.78 is 5.10. The molecular weight excluding hydrogens is 304 g/mol. The summed E-state index contributed by atoms with van der Waals surface area (Å²) in [6.07, 6.45) is 8.36. The number of ketones is 1. The highest BCUT2D eigenvalue weighted by molar-refractivity contribution is 5.84. The molecule has 0 aromatic carbocycles. The Bertz CT molecular complexity index is 483. The summed E-state index contributed by atoms with van der Waals surface area (Å²) in [5, 5.41) is 3.82. The van der Waals surface area contributed by atoms with E-state index in [0.29, 0.717) is 31.9 Å². The molecule has 5 rings (SSSR count). The molecule has 4 aliphatic carbocycles. The topological polar surface area (TPSA) is 58.6 Å². The van der Waals surface area contributed by atoms with Gasteiger partial charge in [0.2, 0.25) is 0 Å². The summed E-state index contributed by atoms with van der Waals surface area (Å²) in [5.41, 5.74) is 0.279. The minimum absolute atomic E-state index is 0.0730. The number of carbonyl (C=O) groups is 2. The first-order chi connectivity index (χ1) is 11.6. The third-order valence-corrected chi connectivity index (χ3v) is 6.81. The molecule has 1 amide bonds. The summed E-state index contributed by atoms with van der Waals surface area (Å²) in [4.78, 5) is 26.0. The van der Waals surface area contributed by atoms with E-state index in [1.807, 2.05) is 6.92 Å². The fourth-order valence-electron chi connectivity index (χ4n) is 6.13. The third kappa shape index (κ3) is 3.07. The van der Waals surface area contributed by atoms with Crippen molar-refractivity contribution in [3.63, 3.8) is 0 Å². The van der Waals surface area contributed by atoms with E-state index in [1.165, 1.54) is 38.5 Å². The number of ether oxygens (including phenoxy) is 1. The Morgan fingerprint density at radius 1 is 1.21 bits per heavy atom. The molecule has 4 bridgehead atoms. The highest BCUT2D eigenvalue weighted by atomic mass is 16.6. The van der Waals surface area contributed by atoms with Crippen LogP contribution < -0.4 is 5.32 Å². The Morgan fingerprint density at radius 2 is 1.83 bits per heavy atom. The second kappa shape index (κ2) is 6.32. The number of amides is 1. The Morgan fingerprint density at radius 3 is 2.42 bits per heavy atom. The van der Waals surface area contributed by atoms with Crippen molar-refractivity contribution in [2.75, 3.05) is 26.2 Å². The van der Waals surface area contributed by atoms with Crippen molar-refractivity contribution >= 4 is 11.9 Å². The van der Waals surface area contributed by atoms with Crippen LogP contribution in [0, 0.1) is 23.7 Å². The molecule has 24 heavy (non-hydrogen) atoms. The zero-order chi connectivity index (χ0) is 16.7. The molecule has 0 aromatic rings. The summed E-state index contributed by atoms with van der Waals surface area (Å²) in [6, 6.07) is 0. The van der Waals surface area contributed by atoms with Gasteiger partial charge in [-0.3, -0.25) is 4.79 Å². The number of hydrogen-bond donors (Lipinski definition) is 1. The van der Waals surface area contributed by atoms with E-state index in [-0.39, 0.29) is 17.6 Å². The zero-order valence-corrected chi connectivity index (χ0v) is 14.8. The van der Waals surface area contributed by atoms with Gasteiger partial charge in [0.25, 0.3) is 0 Å². The quantitative estimate of drug-likeness (QED) is 0.858. The molecule has 0 spiro atoms. The fraction of sp³-hybridized carbons (Fsp3) is 0.895. The number of hydrogen-bond acceptors (Lipinski definition) is 4. The maximum absolute atomic E-state index is 12.3. The van der Waals surface area contributed by atoms with Gasteiger partial charge in [-0.1, -0.05) is 0 Å². The number of Topliss-reactive ketones (excluding diaryl/α,β-unsaturated/α-hetero) is 1. The van der Waals surface area contributed by atoms with Crippen molar-refractivity contribution in [2.45, 2.75) is 57.4 Å². The summed E-state index contributed by atoms with van der Waals surface area (Å²) in [7, 11) is 0. The first-order valence-electron chi connectivity index (χ1n) is 9.76. The molecule has 5 heteroatoms. The lowest BCUT2D eigenvalue weighted by Crippen LogP contribution is -2.60. The molecule has 1 heterocycles. The lowest BCUT2D eigenvalue weighted by Gasteiger charge is -2.57. The smallest absolute Gasteiger partial charge is 0.409 e. The van der Waals surface area contributed by atoms with Gasteiger partial charge in [0, 0.05) is 37.5 Å². The van der Waals surface area contributed by atoms with Crippen molar-refractivity contribution in [2.24, 2.45) is 23.7 Å². The molecule has 5 fully saturated rings. The maximum atomic E-state index is 12.3. The number of nitrogens with one attached hydrogen (secondary N) is 1. The van der Waals surface area contributed by atoms with E-state index in [1.54, 1.807) is 4.90 Å². The molecule has 1 aliphatic heterocycles. The standard InChI is InChI=1S/C19H30N2O3/c1-2-24-18(23)21-4-3-17(22)16(12-21)11-20-19-8-13-5-14(9-19)7-15(6-13)10-19/h13-16,20H,2-12H2,1H3. The predicted octanol–water partition coefficient (Wildman–Crippen LogP) is 2.59. The first kappa shape index (κ1) is 16.4. The summed E-state index contributed by atoms with van der Waals surface area (Å²) >= 11 is 0. The van der Waals surface area contributed by atoms with Crippen LogP contribution in [0.2, 0.25) is 0 Å². The summed E-state index contributed by atoms with van der Waals surface area (Å²) in [6.45, 7) is 3.95. The van der Waals surface area contributed by atoms with Crippen molar-refractivity contribution in [1.29, 1.82) is 0 Å². The van der Waals surface area contributed by atoms with Crippen LogP contribution in [0.5, 0.6) is 0 Å². The Balaban J connectivity index is 1.36. The summed E-state index contributed by atoms with van der Waals surface area (Å²) in [5.74, 6) is 2.94. The number of carbonyl (C=O) groups excluding carboxylic acids is 2. The van der Waals surface area contributed by atoms with Crippen LogP contribution in [0.25, 0.3) is 0 Å². The second-order valence-electron chi connectivity index (χ2n) is 8.64. The maximum Gasteiger partial charge on any atom is 0.409 e. The fourth-order valence-corrected chi connectivity index (χ4v) is 6.13. The van der Waals surface area contributed by atoms with Crippen LogP contribution in [0.3, 0.4) is 0 Å². The first-order valence-corrected chi connectivity index (χ1v) is 9.76. The largest absolute Gasteiger partial charge is 0.450 e. The molecule has 5 aliphatic rings. The van der Waals surface area contributed by atoms with Crippen molar-refractivity contribution in [3.05, 3.63) is 0 Å². The van der Waals surface area contributed by atoms with Crippen molar-refractivity contribution < 1.29 is 14.3 Å². The lowest BCUT2D eigenvalue weighted by molar-refractivity contribution is -0.126. The molecule has 0 radical (unpaired) electrons. The average Bonchev–Trinajstić information content (AvgIpc) is 2.53. The van der Waals surface area contributed by atoms with E-state index in [4.69, 9.17) is 4.74 Å². The molecule has 1 unspecified atom stereocenters. The third-order valence-electron chi connectivity index (χ3n) is 6.81. The van der Waals surface area contributed by atoms with Crippen molar-refractivity contribution in [1.82, 2.24) is 10.2 Å². The van der Waals surface area contributed by atoms with E-state index >= 15 is 0 Å². The molecule has 1 atom stereocenters. The molecule has 0 aromatic heterocycles. The molecular formula is C19H30N2O3. The normalized spacial score (nSPS) is 40.9. The van der Waals surface area contributed by atoms with Gasteiger partial charge >= 0.3 is 6.09 Å². The highest BCUT2D eigenvalue weighted by Crippen LogP contribution is 2.55. The molecule has 1 N–H and O–H groups in total. The molecule has 4 saturated carbocycles. The van der Waals surface area contributed by atoms with Gasteiger partial charge in [0.1, 0.15) is 5.78 Å². The van der Waals surface area contributed by atoms with Crippen LogP contribution in [0.15, 0.2) is 0 Å². The van der Waals surface area contributed by atoms with Crippen LogP contribution in [-0.4, -0.2) is 48.6 Å².